The van der Waals surface area contributed by atoms with Gasteiger partial charge in [0.1, 0.15) is 17.1 Å². The van der Waals surface area contributed by atoms with Crippen molar-refractivity contribution in [1.29, 1.82) is 0 Å². The molecule has 7 aromatic rings. The number of rotatable bonds is 25. The number of unbranched alkanes of at least 4 members (excludes halogenated alkanes) is 12. The van der Waals surface area contributed by atoms with Crippen molar-refractivity contribution in [2.24, 2.45) is 0 Å². The van der Waals surface area contributed by atoms with Crippen LogP contribution in [0.5, 0.6) is 11.5 Å². The fourth-order valence-electron chi connectivity index (χ4n) is 14.7. The van der Waals surface area contributed by atoms with Gasteiger partial charge in [-0.05, 0) is 200 Å². The molecule has 0 saturated heterocycles. The van der Waals surface area contributed by atoms with E-state index in [1.54, 1.807) is 6.07 Å². The summed E-state index contributed by atoms with van der Waals surface area (Å²) in [5.41, 5.74) is 27.5. The molecule has 10 rings (SSSR count). The van der Waals surface area contributed by atoms with Crippen molar-refractivity contribution < 1.29 is 19.4 Å². The van der Waals surface area contributed by atoms with Crippen LogP contribution in [0, 0.1) is 20.8 Å². The smallest absolute Gasteiger partial charge is 0.339 e. The summed E-state index contributed by atoms with van der Waals surface area (Å²) in [6, 6.07) is 30.1. The molecule has 0 saturated carbocycles. The van der Waals surface area contributed by atoms with Gasteiger partial charge < -0.3 is 25.1 Å². The van der Waals surface area contributed by atoms with Gasteiger partial charge >= 0.3 is 5.97 Å². The molecule has 6 heterocycles. The Morgan fingerprint density at radius 2 is 0.895 bits per heavy atom. The molecule has 4 aromatic carbocycles. The molecule has 0 fully saturated rings. The van der Waals surface area contributed by atoms with E-state index >= 15 is 4.79 Å². The zero-order valence-electron chi connectivity index (χ0n) is 60.8. The van der Waals surface area contributed by atoms with Crippen LogP contribution in [0.2, 0.25) is 0 Å². The molecule has 0 atom stereocenters. The third-order valence-electron chi connectivity index (χ3n) is 20.9. The number of carbonyl (C=O) groups is 2. The first-order chi connectivity index (χ1) is 45.3. The van der Waals surface area contributed by atoms with Crippen LogP contribution in [-0.2, 0) is 29.1 Å². The lowest BCUT2D eigenvalue weighted by molar-refractivity contribution is 0.0693. The number of carboxylic acids is 1. The van der Waals surface area contributed by atoms with E-state index in [9.17, 15) is 9.90 Å². The van der Waals surface area contributed by atoms with Gasteiger partial charge in [0.15, 0.2) is 0 Å². The molecule has 3 aliphatic heterocycles. The third-order valence-corrected chi connectivity index (χ3v) is 20.9. The lowest BCUT2D eigenvalue weighted by Gasteiger charge is -2.38. The Kier molecular flexibility index (Phi) is 21.6. The maximum atomic E-state index is 15.3. The molecule has 3 aliphatic rings. The molecule has 0 spiro atoms. The molecule has 0 radical (unpaired) electrons. The molecule has 3 aromatic heterocycles. The minimum absolute atomic E-state index is 0.0833. The maximum absolute atomic E-state index is 15.3. The summed E-state index contributed by atoms with van der Waals surface area (Å²) in [4.78, 5) is 48.6. The van der Waals surface area contributed by atoms with E-state index in [1.807, 2.05) is 18.2 Å². The number of nitrogens with zero attached hydrogens (tertiary/aromatic N) is 2. The molecule has 8 bridgehead atoms. The lowest BCUT2D eigenvalue weighted by atomic mass is 9.70. The van der Waals surface area contributed by atoms with Crippen molar-refractivity contribution in [1.82, 2.24) is 19.9 Å². The number of anilines is 1. The van der Waals surface area contributed by atoms with Crippen LogP contribution in [0.15, 0.2) is 84.9 Å². The van der Waals surface area contributed by atoms with Crippen molar-refractivity contribution in [2.75, 3.05) is 5.32 Å². The predicted molar refractivity (Wildman–Crippen MR) is 402 cm³/mol. The summed E-state index contributed by atoms with van der Waals surface area (Å²) in [7, 11) is 0. The summed E-state index contributed by atoms with van der Waals surface area (Å²) < 4.78 is 6.81. The van der Waals surface area contributed by atoms with Crippen molar-refractivity contribution in [3.63, 3.8) is 0 Å². The van der Waals surface area contributed by atoms with E-state index in [0.717, 1.165) is 161 Å². The van der Waals surface area contributed by atoms with Gasteiger partial charge in [-0.3, -0.25) is 4.79 Å². The quantitative estimate of drug-likeness (QED) is 0.0421. The average molecular weight is 1280 g/mol. The predicted octanol–water partition coefficient (Wildman–Crippen LogP) is 24.6. The number of H-pyrrole nitrogens is 2. The topological polar surface area (TPSA) is 133 Å². The molecule has 0 aliphatic carbocycles. The lowest BCUT2D eigenvalue weighted by Crippen LogP contribution is -2.30. The van der Waals surface area contributed by atoms with Crippen molar-refractivity contribution >= 4 is 61.9 Å². The first kappa shape index (κ1) is 70.0. The Morgan fingerprint density at radius 1 is 0.505 bits per heavy atom. The first-order valence-electron chi connectivity index (χ1n) is 36.3. The highest BCUT2D eigenvalue weighted by molar-refractivity contribution is 6.08. The number of ether oxygens (including phenoxy) is 1. The van der Waals surface area contributed by atoms with Gasteiger partial charge in [-0.1, -0.05) is 214 Å². The van der Waals surface area contributed by atoms with Crippen LogP contribution in [0.25, 0.3) is 66.6 Å². The number of aromatic amines is 2. The second-order valence-electron chi connectivity index (χ2n) is 30.4. The van der Waals surface area contributed by atoms with Crippen LogP contribution < -0.4 is 10.1 Å². The fraction of sp³-hybridized carbons (Fsp3) is 0.465. The number of allylic oxidation sites excluding steroid dienone is 4. The maximum Gasteiger partial charge on any atom is 0.339 e. The highest BCUT2D eigenvalue weighted by Crippen LogP contribution is 2.53. The molecule has 95 heavy (non-hydrogen) atoms. The number of fused-ring (bicyclic) bond motifs is 10. The zero-order chi connectivity index (χ0) is 68.3. The minimum Gasteiger partial charge on any atom is -0.478 e. The Hall–Kier alpha value is -7.78. The van der Waals surface area contributed by atoms with Gasteiger partial charge in [0.25, 0.3) is 5.91 Å². The van der Waals surface area contributed by atoms with E-state index < -0.39 is 11.4 Å². The Bertz CT molecular complexity index is 4260. The fourth-order valence-corrected chi connectivity index (χ4v) is 14.7. The van der Waals surface area contributed by atoms with E-state index in [2.05, 4.69) is 194 Å². The van der Waals surface area contributed by atoms with Crippen molar-refractivity contribution in [3.8, 4) is 33.8 Å². The molecule has 9 nitrogen and oxygen atoms in total. The van der Waals surface area contributed by atoms with Gasteiger partial charge in [-0.2, -0.15) is 0 Å². The molecular weight excluding hydrogens is 1170 g/mol. The minimum atomic E-state index is -1.07. The van der Waals surface area contributed by atoms with E-state index in [-0.39, 0.29) is 28.1 Å². The average Bonchev–Trinajstić information content (AvgIpc) is 1.38. The number of aryl methyl sites for hydroxylation is 5. The largest absolute Gasteiger partial charge is 0.478 e. The third kappa shape index (κ3) is 14.7. The second-order valence-corrected chi connectivity index (χ2v) is 30.4. The SMILES string of the molecule is CCCCCCC1=C(C)c2nc1cc1[nH]c(c(C)c1CCCCCC)c(-c1ccc(C)cc1)c1nc(cc3[nH]c(c(C)c3CCCCCC)c2-c2ccc(NC(=O)c3cc(C(C)(C)C)cc4c3Oc3c(C(=O)O)cc(C(C)(C)C)cc3C4(C)C)cc2)C(CCCCCC)=C1C. The number of amides is 1. The van der Waals surface area contributed by atoms with E-state index in [4.69, 9.17) is 14.7 Å². The van der Waals surface area contributed by atoms with Crippen LogP contribution in [-0.4, -0.2) is 36.9 Å². The molecule has 4 N–H and O–H groups in total. The number of carbonyl (C=O) groups excluding carboxylic acids is 1. The van der Waals surface area contributed by atoms with E-state index in [0.29, 0.717) is 17.0 Å². The Labute approximate surface area is 568 Å². The van der Waals surface area contributed by atoms with Crippen LogP contribution in [0.4, 0.5) is 5.69 Å². The molecule has 9 heteroatoms. The number of benzene rings is 4. The van der Waals surface area contributed by atoms with Crippen LogP contribution >= 0.6 is 0 Å². The summed E-state index contributed by atoms with van der Waals surface area (Å²) in [5, 5.41) is 14.1. The molecule has 502 valence electrons. The van der Waals surface area contributed by atoms with Gasteiger partial charge in [0.2, 0.25) is 0 Å². The summed E-state index contributed by atoms with van der Waals surface area (Å²) >= 11 is 0. The number of carboxylic acid groups (broad SMARTS) is 1. The van der Waals surface area contributed by atoms with Gasteiger partial charge in [-0.25, -0.2) is 14.8 Å². The molecule has 0 unspecified atom stereocenters. The number of aromatic nitrogens is 4. The number of nitrogens with one attached hydrogen (secondary N) is 3. The standard InChI is InChI=1S/C86H109N5O4/c1-18-22-26-30-34-62-53(6)76-74(57-40-38-52(5)39-41-57)77-54(7)63(35-31-27-23-19-2)71(89-77)51-73-65(37-33-29-25-21-4)56(9)79(91-73)75(78-55(8)64(36-32-28-24-20-3)72(90-78)50-70(62)88-76)58-42-44-61(45-43-58)87-82(92)66-46-59(84(10,11)12)48-68-80(66)95-81-67(83(93)94)47-60(85(13,14)15)49-69(81)86(68,16)17/h38-51,88,91H,18-37H2,1-17H3,(H,87,92)(H,93,94). The molecular formula is C86H109N5O4. The van der Waals surface area contributed by atoms with Gasteiger partial charge in [0.05, 0.1) is 39.4 Å². The van der Waals surface area contributed by atoms with Crippen molar-refractivity contribution in [2.45, 2.75) is 262 Å². The zero-order valence-corrected chi connectivity index (χ0v) is 60.8. The summed E-state index contributed by atoms with van der Waals surface area (Å²) in [5.74, 6) is -0.763. The summed E-state index contributed by atoms with van der Waals surface area (Å²) in [6.45, 7) is 37.6. The monoisotopic (exact) mass is 1280 g/mol. The number of aromatic carboxylic acids is 1. The number of hydrogen-bond donors (Lipinski definition) is 4. The Morgan fingerprint density at radius 3 is 1.29 bits per heavy atom. The van der Waals surface area contributed by atoms with Gasteiger partial charge in [0, 0.05) is 44.4 Å². The van der Waals surface area contributed by atoms with Crippen LogP contribution in [0.3, 0.4) is 0 Å². The second kappa shape index (κ2) is 29.3. The highest BCUT2D eigenvalue weighted by Gasteiger charge is 2.41. The van der Waals surface area contributed by atoms with Crippen LogP contribution in [0.1, 0.15) is 306 Å². The molecule has 1 amide bonds. The first-order valence-corrected chi connectivity index (χ1v) is 36.3. The van der Waals surface area contributed by atoms with E-state index in [1.165, 1.54) is 107 Å². The summed E-state index contributed by atoms with van der Waals surface area (Å²) in [6.07, 6.45) is 22.2. The Balaban J connectivity index is 1.23. The van der Waals surface area contributed by atoms with Crippen molar-refractivity contribution in [3.05, 3.63) is 169 Å². The normalized spacial score (nSPS) is 13.7. The number of hydrogen-bond acceptors (Lipinski definition) is 5. The highest BCUT2D eigenvalue weighted by atomic mass is 16.5. The van der Waals surface area contributed by atoms with Gasteiger partial charge in [-0.15, -0.1) is 0 Å².